The normalized spacial score (nSPS) is 12.6. The van der Waals surface area contributed by atoms with Crippen molar-refractivity contribution in [1.82, 2.24) is 10.2 Å². The fraction of sp³-hybridized carbons (Fsp3) is 0.818. The Bertz CT molecular complexity index is 241. The molecule has 5 nitrogen and oxygen atoms in total. The molecule has 0 aromatic rings. The fourth-order valence-electron chi connectivity index (χ4n) is 1.25. The molecule has 2 N–H and O–H groups in total. The van der Waals surface area contributed by atoms with Crippen molar-refractivity contribution < 1.29 is 14.7 Å². The van der Waals surface area contributed by atoms with Crippen LogP contribution in [0.5, 0.6) is 0 Å². The minimum absolute atomic E-state index is 0.0439. The Labute approximate surface area is 96.8 Å². The van der Waals surface area contributed by atoms with Gasteiger partial charge in [-0.05, 0) is 13.3 Å². The Morgan fingerprint density at radius 2 is 1.88 bits per heavy atom. The van der Waals surface area contributed by atoms with E-state index < -0.39 is 5.97 Å². The Morgan fingerprint density at radius 1 is 1.31 bits per heavy atom. The van der Waals surface area contributed by atoms with Gasteiger partial charge in [0, 0.05) is 12.1 Å². The van der Waals surface area contributed by atoms with Gasteiger partial charge in [-0.2, -0.15) is 0 Å². The molecule has 0 heterocycles. The van der Waals surface area contributed by atoms with Crippen molar-refractivity contribution in [3.63, 3.8) is 0 Å². The summed E-state index contributed by atoms with van der Waals surface area (Å²) in [6, 6.07) is 0.171. The number of hydrogen-bond acceptors (Lipinski definition) is 3. The predicted octanol–water partition coefficient (Wildman–Crippen LogP) is 0.696. The van der Waals surface area contributed by atoms with Crippen molar-refractivity contribution in [2.45, 2.75) is 46.2 Å². The summed E-state index contributed by atoms with van der Waals surface area (Å²) in [6.07, 6.45) is 0.751. The number of carboxylic acid groups (broad SMARTS) is 1. The molecule has 0 spiro atoms. The lowest BCUT2D eigenvalue weighted by Crippen LogP contribution is -2.46. The zero-order valence-electron chi connectivity index (χ0n) is 10.5. The molecule has 1 amide bonds. The minimum atomic E-state index is -0.974. The van der Waals surface area contributed by atoms with Gasteiger partial charge in [0.15, 0.2) is 0 Å². The molecule has 0 aliphatic heterocycles. The highest BCUT2D eigenvalue weighted by Gasteiger charge is 2.21. The molecular weight excluding hydrogens is 208 g/mol. The second-order valence-electron chi connectivity index (χ2n) is 4.21. The quantitative estimate of drug-likeness (QED) is 0.675. The number of rotatable bonds is 7. The third kappa shape index (κ3) is 5.70. The molecule has 0 rings (SSSR count). The van der Waals surface area contributed by atoms with Crippen molar-refractivity contribution in [1.29, 1.82) is 0 Å². The fourth-order valence-corrected chi connectivity index (χ4v) is 1.25. The number of carbonyl (C=O) groups is 2. The van der Waals surface area contributed by atoms with Crippen LogP contribution in [0.3, 0.4) is 0 Å². The zero-order valence-corrected chi connectivity index (χ0v) is 10.5. The molecule has 1 atom stereocenters. The average Bonchev–Trinajstić information content (AvgIpc) is 2.21. The highest BCUT2D eigenvalue weighted by Crippen LogP contribution is 2.03. The molecule has 0 saturated heterocycles. The molecule has 0 fully saturated rings. The molecule has 0 radical (unpaired) electrons. The second kappa shape index (κ2) is 7.22. The predicted molar refractivity (Wildman–Crippen MR) is 62.2 cm³/mol. The van der Waals surface area contributed by atoms with Crippen LogP contribution in [0.1, 0.15) is 34.1 Å². The molecule has 0 aromatic carbocycles. The van der Waals surface area contributed by atoms with Gasteiger partial charge in [-0.1, -0.05) is 20.8 Å². The summed E-state index contributed by atoms with van der Waals surface area (Å²) < 4.78 is 0. The number of carboxylic acids is 1. The maximum Gasteiger partial charge on any atom is 0.323 e. The lowest BCUT2D eigenvalue weighted by Gasteiger charge is -2.27. The van der Waals surface area contributed by atoms with Crippen LogP contribution < -0.4 is 5.32 Å². The van der Waals surface area contributed by atoms with E-state index in [1.807, 2.05) is 27.7 Å². The Kier molecular flexibility index (Phi) is 6.72. The molecule has 16 heavy (non-hydrogen) atoms. The topological polar surface area (TPSA) is 69.6 Å². The molecule has 0 aromatic heterocycles. The first-order chi connectivity index (χ1) is 7.38. The van der Waals surface area contributed by atoms with E-state index in [0.717, 1.165) is 6.42 Å². The molecule has 0 saturated carbocycles. The van der Waals surface area contributed by atoms with Crippen LogP contribution in [0.25, 0.3) is 0 Å². The Hall–Kier alpha value is -1.10. The van der Waals surface area contributed by atoms with Crippen molar-refractivity contribution in [2.24, 2.45) is 0 Å². The number of nitrogens with zero attached hydrogens (tertiary/aromatic N) is 1. The van der Waals surface area contributed by atoms with E-state index in [1.54, 1.807) is 0 Å². The van der Waals surface area contributed by atoms with Crippen molar-refractivity contribution in [3.05, 3.63) is 0 Å². The monoisotopic (exact) mass is 230 g/mol. The summed E-state index contributed by atoms with van der Waals surface area (Å²) in [6.45, 7) is 7.64. The summed E-state index contributed by atoms with van der Waals surface area (Å²) in [4.78, 5) is 23.8. The third-order valence-electron chi connectivity index (χ3n) is 2.41. The van der Waals surface area contributed by atoms with Crippen molar-refractivity contribution in [3.8, 4) is 0 Å². The van der Waals surface area contributed by atoms with Crippen LogP contribution in [-0.2, 0) is 9.59 Å². The summed E-state index contributed by atoms with van der Waals surface area (Å²) in [7, 11) is 0. The van der Waals surface area contributed by atoms with Crippen LogP contribution in [-0.4, -0.2) is 47.1 Å². The molecule has 5 heteroatoms. The van der Waals surface area contributed by atoms with E-state index in [-0.39, 0.29) is 31.1 Å². The van der Waals surface area contributed by atoms with Gasteiger partial charge in [0.1, 0.15) is 6.54 Å². The largest absolute Gasteiger partial charge is 0.480 e. The highest BCUT2D eigenvalue weighted by atomic mass is 16.4. The average molecular weight is 230 g/mol. The molecule has 0 aliphatic rings. The Balaban J connectivity index is 4.37. The molecular formula is C11H22N2O3. The maximum atomic E-state index is 11.8. The van der Waals surface area contributed by atoms with Gasteiger partial charge >= 0.3 is 5.97 Å². The van der Waals surface area contributed by atoms with Crippen molar-refractivity contribution in [2.75, 3.05) is 13.1 Å². The Morgan fingerprint density at radius 3 is 2.25 bits per heavy atom. The van der Waals surface area contributed by atoms with E-state index in [9.17, 15) is 9.59 Å². The van der Waals surface area contributed by atoms with Gasteiger partial charge in [0.2, 0.25) is 5.91 Å². The number of amides is 1. The van der Waals surface area contributed by atoms with Gasteiger partial charge in [-0.25, -0.2) is 0 Å². The van der Waals surface area contributed by atoms with Gasteiger partial charge in [-0.15, -0.1) is 0 Å². The van der Waals surface area contributed by atoms with E-state index in [2.05, 4.69) is 5.32 Å². The van der Waals surface area contributed by atoms with Gasteiger partial charge in [-0.3, -0.25) is 9.59 Å². The van der Waals surface area contributed by atoms with Crippen LogP contribution in [0.2, 0.25) is 0 Å². The summed E-state index contributed by atoms with van der Waals surface area (Å²) in [5.74, 6) is -1.14. The molecule has 94 valence electrons. The molecule has 0 bridgehead atoms. The lowest BCUT2D eigenvalue weighted by molar-refractivity contribution is -0.145. The first-order valence-corrected chi connectivity index (χ1v) is 5.63. The van der Waals surface area contributed by atoms with Gasteiger partial charge in [0.25, 0.3) is 0 Å². The van der Waals surface area contributed by atoms with Crippen LogP contribution in [0.15, 0.2) is 0 Å². The van der Waals surface area contributed by atoms with Crippen LogP contribution >= 0.6 is 0 Å². The standard InChI is InChI=1S/C11H22N2O3/c1-5-9(4)13(7-11(15)16)10(14)6-12-8(2)3/h8-9,12H,5-7H2,1-4H3,(H,15,16). The molecule has 0 aliphatic carbocycles. The summed E-state index contributed by atoms with van der Waals surface area (Å²) in [5.41, 5.74) is 0. The number of nitrogens with one attached hydrogen (secondary N) is 1. The van der Waals surface area contributed by atoms with Gasteiger partial charge < -0.3 is 15.3 Å². The minimum Gasteiger partial charge on any atom is -0.480 e. The number of carbonyl (C=O) groups excluding carboxylic acids is 1. The second-order valence-corrected chi connectivity index (χ2v) is 4.21. The van der Waals surface area contributed by atoms with E-state index >= 15 is 0 Å². The first kappa shape index (κ1) is 14.9. The number of aliphatic carboxylic acids is 1. The van der Waals surface area contributed by atoms with Crippen molar-refractivity contribution >= 4 is 11.9 Å². The summed E-state index contributed by atoms with van der Waals surface area (Å²) >= 11 is 0. The number of hydrogen-bond donors (Lipinski definition) is 2. The van der Waals surface area contributed by atoms with Crippen LogP contribution in [0, 0.1) is 0 Å². The third-order valence-corrected chi connectivity index (χ3v) is 2.41. The van der Waals surface area contributed by atoms with Gasteiger partial charge in [0.05, 0.1) is 6.54 Å². The lowest BCUT2D eigenvalue weighted by atomic mass is 10.2. The smallest absolute Gasteiger partial charge is 0.323 e. The molecule has 1 unspecified atom stereocenters. The SMILES string of the molecule is CCC(C)N(CC(=O)O)C(=O)CNC(C)C. The van der Waals surface area contributed by atoms with E-state index in [4.69, 9.17) is 5.11 Å². The van der Waals surface area contributed by atoms with E-state index in [0.29, 0.717) is 0 Å². The zero-order chi connectivity index (χ0) is 12.7. The van der Waals surface area contributed by atoms with E-state index in [1.165, 1.54) is 4.90 Å². The van der Waals surface area contributed by atoms with Crippen LogP contribution in [0.4, 0.5) is 0 Å². The first-order valence-electron chi connectivity index (χ1n) is 5.63. The summed E-state index contributed by atoms with van der Waals surface area (Å²) in [5, 5.41) is 11.7. The highest BCUT2D eigenvalue weighted by molar-refractivity contribution is 5.83. The maximum absolute atomic E-state index is 11.8.